The van der Waals surface area contributed by atoms with Gasteiger partial charge in [0.25, 0.3) is 0 Å². The Morgan fingerprint density at radius 2 is 1.11 bits per heavy atom. The van der Waals surface area contributed by atoms with E-state index in [-0.39, 0.29) is 0 Å². The first-order valence-electron chi connectivity index (χ1n) is 6.07. The van der Waals surface area contributed by atoms with Crippen LogP contribution in [-0.4, -0.2) is 11.4 Å². The fourth-order valence-electron chi connectivity index (χ4n) is 1.76. The minimum absolute atomic E-state index is 0.366. The van der Waals surface area contributed by atoms with Gasteiger partial charge in [-0.3, -0.25) is 0 Å². The second-order valence-electron chi connectivity index (χ2n) is 4.02. The van der Waals surface area contributed by atoms with Gasteiger partial charge in [-0.25, -0.2) is 0 Å². The number of para-hydroxylation sites is 1. The van der Waals surface area contributed by atoms with Crippen LogP contribution in [0.5, 0.6) is 5.75 Å². The van der Waals surface area contributed by atoms with Gasteiger partial charge in [-0.2, -0.15) is 0 Å². The SMILES string of the molecule is CSc1ccccc1O.c1ccc2ccccc2c1. The molecule has 3 aromatic rings. The molecule has 19 heavy (non-hydrogen) atoms. The summed E-state index contributed by atoms with van der Waals surface area (Å²) in [5.74, 6) is 0.366. The van der Waals surface area contributed by atoms with Crippen LogP contribution in [0, 0.1) is 0 Å². The van der Waals surface area contributed by atoms with Crippen molar-refractivity contribution in [3.05, 3.63) is 72.8 Å². The molecule has 0 heterocycles. The average molecular weight is 268 g/mol. The maximum absolute atomic E-state index is 9.09. The fraction of sp³-hybridized carbons (Fsp3) is 0.0588. The maximum atomic E-state index is 9.09. The topological polar surface area (TPSA) is 20.2 Å². The van der Waals surface area contributed by atoms with E-state index < -0.39 is 0 Å². The van der Waals surface area contributed by atoms with Gasteiger partial charge in [-0.05, 0) is 29.2 Å². The van der Waals surface area contributed by atoms with Crippen molar-refractivity contribution in [1.82, 2.24) is 0 Å². The molecule has 0 atom stereocenters. The molecule has 0 aliphatic heterocycles. The van der Waals surface area contributed by atoms with Crippen LogP contribution in [0.15, 0.2) is 77.7 Å². The Balaban J connectivity index is 0.000000141. The van der Waals surface area contributed by atoms with E-state index >= 15 is 0 Å². The van der Waals surface area contributed by atoms with Crippen LogP contribution in [-0.2, 0) is 0 Å². The van der Waals surface area contributed by atoms with E-state index in [2.05, 4.69) is 48.5 Å². The van der Waals surface area contributed by atoms with Crippen LogP contribution in [0.2, 0.25) is 0 Å². The molecule has 3 aromatic carbocycles. The number of aromatic hydroxyl groups is 1. The first kappa shape index (κ1) is 13.5. The molecule has 3 rings (SSSR count). The number of benzene rings is 3. The van der Waals surface area contributed by atoms with Gasteiger partial charge in [0, 0.05) is 4.90 Å². The lowest BCUT2D eigenvalue weighted by molar-refractivity contribution is 0.462. The molecular formula is C17H16OS. The van der Waals surface area contributed by atoms with Crippen molar-refractivity contribution < 1.29 is 5.11 Å². The summed E-state index contributed by atoms with van der Waals surface area (Å²) in [6.45, 7) is 0. The highest BCUT2D eigenvalue weighted by Crippen LogP contribution is 2.24. The summed E-state index contributed by atoms with van der Waals surface area (Å²) in [6.07, 6.45) is 1.94. The second-order valence-corrected chi connectivity index (χ2v) is 4.87. The van der Waals surface area contributed by atoms with Gasteiger partial charge in [0.2, 0.25) is 0 Å². The van der Waals surface area contributed by atoms with E-state index in [0.29, 0.717) is 5.75 Å². The molecule has 0 radical (unpaired) electrons. The van der Waals surface area contributed by atoms with Crippen molar-refractivity contribution in [2.45, 2.75) is 4.90 Å². The number of hydrogen-bond donors (Lipinski definition) is 1. The highest BCUT2D eigenvalue weighted by molar-refractivity contribution is 7.98. The Morgan fingerprint density at radius 1 is 0.684 bits per heavy atom. The molecule has 1 nitrogen and oxygen atoms in total. The Labute approximate surface area is 117 Å². The zero-order valence-corrected chi connectivity index (χ0v) is 11.6. The minimum Gasteiger partial charge on any atom is -0.507 e. The van der Waals surface area contributed by atoms with Gasteiger partial charge in [0.15, 0.2) is 0 Å². The van der Waals surface area contributed by atoms with Gasteiger partial charge in [-0.1, -0.05) is 60.7 Å². The van der Waals surface area contributed by atoms with E-state index in [1.165, 1.54) is 10.8 Å². The Morgan fingerprint density at radius 3 is 1.47 bits per heavy atom. The summed E-state index contributed by atoms with van der Waals surface area (Å²) >= 11 is 1.55. The number of phenols is 1. The fourth-order valence-corrected chi connectivity index (χ4v) is 2.25. The van der Waals surface area contributed by atoms with E-state index in [9.17, 15) is 0 Å². The Bertz CT molecular complexity index is 584. The predicted molar refractivity (Wildman–Crippen MR) is 83.8 cm³/mol. The highest BCUT2D eigenvalue weighted by atomic mass is 32.2. The summed E-state index contributed by atoms with van der Waals surface area (Å²) in [6, 6.07) is 24.0. The zero-order chi connectivity index (χ0) is 13.5. The molecule has 0 amide bonds. The van der Waals surface area contributed by atoms with Crippen molar-refractivity contribution in [3.8, 4) is 5.75 Å². The van der Waals surface area contributed by atoms with E-state index in [1.807, 2.05) is 24.5 Å². The standard InChI is InChI=1S/C10H8.C7H8OS/c1-2-6-10-8-4-3-7-9(10)5-1;1-9-7-5-3-2-4-6(7)8/h1-8H;2-5,8H,1H3. The molecular weight excluding hydrogens is 252 g/mol. The molecule has 96 valence electrons. The molecule has 0 spiro atoms. The number of phenolic OH excluding ortho intramolecular Hbond substituents is 1. The molecule has 0 fully saturated rings. The van der Waals surface area contributed by atoms with Crippen LogP contribution in [0.4, 0.5) is 0 Å². The number of fused-ring (bicyclic) bond motifs is 1. The van der Waals surface area contributed by atoms with Crippen molar-refractivity contribution >= 4 is 22.5 Å². The van der Waals surface area contributed by atoms with Crippen molar-refractivity contribution in [1.29, 1.82) is 0 Å². The molecule has 0 aromatic heterocycles. The van der Waals surface area contributed by atoms with Crippen LogP contribution in [0.25, 0.3) is 10.8 Å². The van der Waals surface area contributed by atoms with Crippen molar-refractivity contribution in [2.24, 2.45) is 0 Å². The van der Waals surface area contributed by atoms with Gasteiger partial charge in [-0.15, -0.1) is 11.8 Å². The van der Waals surface area contributed by atoms with Gasteiger partial charge in [0.05, 0.1) is 0 Å². The lowest BCUT2D eigenvalue weighted by Gasteiger charge is -1.96. The van der Waals surface area contributed by atoms with Gasteiger partial charge in [0.1, 0.15) is 5.75 Å². The average Bonchev–Trinajstić information content (AvgIpc) is 2.49. The van der Waals surface area contributed by atoms with Crippen LogP contribution in [0.3, 0.4) is 0 Å². The van der Waals surface area contributed by atoms with Crippen molar-refractivity contribution in [2.75, 3.05) is 6.26 Å². The minimum atomic E-state index is 0.366. The number of rotatable bonds is 1. The largest absolute Gasteiger partial charge is 0.507 e. The van der Waals surface area contributed by atoms with Crippen molar-refractivity contribution in [3.63, 3.8) is 0 Å². The zero-order valence-electron chi connectivity index (χ0n) is 10.8. The molecule has 0 saturated carbocycles. The lowest BCUT2D eigenvalue weighted by Crippen LogP contribution is -1.68. The number of thioether (sulfide) groups is 1. The third-order valence-corrected chi connectivity index (χ3v) is 3.53. The molecule has 0 aliphatic carbocycles. The molecule has 0 bridgehead atoms. The molecule has 2 heteroatoms. The Kier molecular flexibility index (Phi) is 4.87. The number of hydrogen-bond acceptors (Lipinski definition) is 2. The molecule has 1 N–H and O–H groups in total. The highest BCUT2D eigenvalue weighted by Gasteiger charge is 1.93. The van der Waals surface area contributed by atoms with Crippen LogP contribution >= 0.6 is 11.8 Å². The maximum Gasteiger partial charge on any atom is 0.129 e. The van der Waals surface area contributed by atoms with Crippen LogP contribution < -0.4 is 0 Å². The van der Waals surface area contributed by atoms with E-state index in [1.54, 1.807) is 17.8 Å². The third-order valence-electron chi connectivity index (χ3n) is 2.74. The summed E-state index contributed by atoms with van der Waals surface area (Å²) in [5.41, 5.74) is 0. The van der Waals surface area contributed by atoms with E-state index in [0.717, 1.165) is 4.90 Å². The first-order chi connectivity index (χ1) is 9.31. The summed E-state index contributed by atoms with van der Waals surface area (Å²) in [7, 11) is 0. The first-order valence-corrected chi connectivity index (χ1v) is 7.29. The second kappa shape index (κ2) is 6.86. The molecule has 0 unspecified atom stereocenters. The Hall–Kier alpha value is -1.93. The lowest BCUT2D eigenvalue weighted by atomic mass is 10.1. The van der Waals surface area contributed by atoms with Gasteiger partial charge < -0.3 is 5.11 Å². The monoisotopic (exact) mass is 268 g/mol. The summed E-state index contributed by atoms with van der Waals surface area (Å²) in [5, 5.41) is 11.7. The van der Waals surface area contributed by atoms with E-state index in [4.69, 9.17) is 5.11 Å². The quantitative estimate of drug-likeness (QED) is 0.630. The predicted octanol–water partition coefficient (Wildman–Crippen LogP) is 4.95. The molecule has 0 aliphatic rings. The summed E-state index contributed by atoms with van der Waals surface area (Å²) < 4.78 is 0. The smallest absolute Gasteiger partial charge is 0.129 e. The normalized spacial score (nSPS) is 9.74. The van der Waals surface area contributed by atoms with Crippen LogP contribution in [0.1, 0.15) is 0 Å². The third kappa shape index (κ3) is 3.76. The van der Waals surface area contributed by atoms with Gasteiger partial charge >= 0.3 is 0 Å². The summed E-state index contributed by atoms with van der Waals surface area (Å²) in [4.78, 5) is 0.928. The molecule has 0 saturated heterocycles.